The van der Waals surface area contributed by atoms with Crippen molar-refractivity contribution in [2.24, 2.45) is 0 Å². The van der Waals surface area contributed by atoms with E-state index >= 15 is 0 Å². The predicted molar refractivity (Wildman–Crippen MR) is 129 cm³/mol. The number of benzene rings is 3. The van der Waals surface area contributed by atoms with E-state index in [4.69, 9.17) is 4.52 Å². The maximum Gasteiger partial charge on any atom is 0.387 e. The predicted octanol–water partition coefficient (Wildman–Crippen LogP) is 4.96. The molecule has 5 rings (SSSR count). The summed E-state index contributed by atoms with van der Waals surface area (Å²) >= 11 is 0. The molecule has 1 fully saturated rings. The Hall–Kier alpha value is -4.11. The molecule has 3 aromatic carbocycles. The van der Waals surface area contributed by atoms with Crippen LogP contribution < -0.4 is 4.74 Å². The van der Waals surface area contributed by atoms with Crippen molar-refractivity contribution in [3.8, 4) is 28.6 Å². The van der Waals surface area contributed by atoms with E-state index < -0.39 is 6.61 Å². The van der Waals surface area contributed by atoms with Crippen LogP contribution in [0.15, 0.2) is 83.4 Å². The standard InChI is InChI=1S/C27H24F2N4O3/c28-27(29)35-23-11-5-10-22(17-23)26(34)33-14-12-32(13-15-33)18-19-6-4-9-21(16-19)24-30-25(36-31-24)20-7-2-1-3-8-20/h1-11,16-17,27H,12-15,18H2. The van der Waals surface area contributed by atoms with Crippen molar-refractivity contribution in [1.82, 2.24) is 19.9 Å². The number of nitrogens with zero attached hydrogens (tertiary/aromatic N) is 4. The van der Waals surface area contributed by atoms with Gasteiger partial charge in [0.2, 0.25) is 5.82 Å². The number of piperazine rings is 1. The molecule has 0 N–H and O–H groups in total. The summed E-state index contributed by atoms with van der Waals surface area (Å²) in [5.74, 6) is 0.793. The topological polar surface area (TPSA) is 71.7 Å². The van der Waals surface area contributed by atoms with Gasteiger partial charge >= 0.3 is 6.61 Å². The second-order valence-electron chi connectivity index (χ2n) is 8.46. The molecule has 0 saturated carbocycles. The molecule has 1 aromatic heterocycles. The van der Waals surface area contributed by atoms with Gasteiger partial charge in [-0.3, -0.25) is 9.69 Å². The van der Waals surface area contributed by atoms with Gasteiger partial charge in [-0.2, -0.15) is 13.8 Å². The molecule has 2 heterocycles. The zero-order valence-corrected chi connectivity index (χ0v) is 19.4. The van der Waals surface area contributed by atoms with Crippen molar-refractivity contribution >= 4 is 5.91 Å². The van der Waals surface area contributed by atoms with Crippen LogP contribution in [-0.4, -0.2) is 58.6 Å². The average molecular weight is 491 g/mol. The first-order chi connectivity index (χ1) is 17.5. The van der Waals surface area contributed by atoms with Crippen LogP contribution in [0.25, 0.3) is 22.8 Å². The van der Waals surface area contributed by atoms with Gasteiger partial charge in [-0.1, -0.05) is 47.6 Å². The fraction of sp³-hybridized carbons (Fsp3) is 0.222. The minimum absolute atomic E-state index is 0.0214. The van der Waals surface area contributed by atoms with E-state index in [0.717, 1.165) is 23.2 Å². The van der Waals surface area contributed by atoms with Gasteiger partial charge in [-0.15, -0.1) is 0 Å². The van der Waals surface area contributed by atoms with Gasteiger partial charge in [0.25, 0.3) is 11.8 Å². The van der Waals surface area contributed by atoms with Gasteiger partial charge in [0.05, 0.1) is 0 Å². The Morgan fingerprint density at radius 2 is 1.67 bits per heavy atom. The Morgan fingerprint density at radius 1 is 0.917 bits per heavy atom. The quantitative estimate of drug-likeness (QED) is 0.365. The third kappa shape index (κ3) is 5.58. The van der Waals surface area contributed by atoms with E-state index in [1.165, 1.54) is 12.1 Å². The average Bonchev–Trinajstić information content (AvgIpc) is 3.40. The molecule has 0 unspecified atom stereocenters. The van der Waals surface area contributed by atoms with E-state index in [0.29, 0.717) is 43.5 Å². The summed E-state index contributed by atoms with van der Waals surface area (Å²) in [4.78, 5) is 21.4. The number of rotatable bonds is 7. The minimum Gasteiger partial charge on any atom is -0.435 e. The first-order valence-electron chi connectivity index (χ1n) is 11.6. The summed E-state index contributed by atoms with van der Waals surface area (Å²) in [6.07, 6.45) is 0. The SMILES string of the molecule is O=C(c1cccc(OC(F)F)c1)N1CCN(Cc2cccc(-c3noc(-c4ccccc4)n3)c2)CC1. The summed E-state index contributed by atoms with van der Waals surface area (Å²) in [7, 11) is 0. The lowest BCUT2D eigenvalue weighted by molar-refractivity contribution is -0.0499. The van der Waals surface area contributed by atoms with Gasteiger partial charge in [0, 0.05) is 49.4 Å². The number of carbonyl (C=O) groups excluding carboxylic acids is 1. The van der Waals surface area contributed by atoms with Crippen LogP contribution in [0.5, 0.6) is 5.75 Å². The number of amides is 1. The van der Waals surface area contributed by atoms with Crippen LogP contribution in [0.1, 0.15) is 15.9 Å². The second-order valence-corrected chi connectivity index (χ2v) is 8.46. The Balaban J connectivity index is 1.19. The molecule has 0 spiro atoms. The molecule has 0 bridgehead atoms. The number of halogens is 2. The number of hydrogen-bond donors (Lipinski definition) is 0. The molecule has 1 amide bonds. The van der Waals surface area contributed by atoms with Crippen molar-refractivity contribution < 1.29 is 22.8 Å². The Labute approximate surface area is 206 Å². The minimum atomic E-state index is -2.93. The third-order valence-electron chi connectivity index (χ3n) is 6.00. The molecule has 0 radical (unpaired) electrons. The largest absolute Gasteiger partial charge is 0.435 e. The molecule has 36 heavy (non-hydrogen) atoms. The summed E-state index contributed by atoms with van der Waals surface area (Å²) in [5.41, 5.74) is 3.19. The Kier molecular flexibility index (Phi) is 6.99. The number of ether oxygens (including phenoxy) is 1. The van der Waals surface area contributed by atoms with E-state index in [-0.39, 0.29) is 11.7 Å². The first kappa shape index (κ1) is 23.6. The van der Waals surface area contributed by atoms with Crippen LogP contribution in [0.4, 0.5) is 8.78 Å². The lowest BCUT2D eigenvalue weighted by Crippen LogP contribution is -2.48. The fourth-order valence-electron chi connectivity index (χ4n) is 4.20. The second kappa shape index (κ2) is 10.7. The molecular weight excluding hydrogens is 466 g/mol. The molecule has 7 nitrogen and oxygen atoms in total. The van der Waals surface area contributed by atoms with Crippen LogP contribution >= 0.6 is 0 Å². The lowest BCUT2D eigenvalue weighted by atomic mass is 10.1. The maximum atomic E-state index is 12.9. The summed E-state index contributed by atoms with van der Waals surface area (Å²) in [5, 5.41) is 4.14. The van der Waals surface area contributed by atoms with Gasteiger partial charge in [-0.25, -0.2) is 0 Å². The number of alkyl halides is 2. The number of hydrogen-bond acceptors (Lipinski definition) is 6. The van der Waals surface area contributed by atoms with Gasteiger partial charge < -0.3 is 14.2 Å². The van der Waals surface area contributed by atoms with Crippen LogP contribution in [0.2, 0.25) is 0 Å². The maximum absolute atomic E-state index is 12.9. The summed E-state index contributed by atoms with van der Waals surface area (Å²) in [6.45, 7) is 0.278. The van der Waals surface area contributed by atoms with E-state index in [1.807, 2.05) is 54.6 Å². The molecule has 9 heteroatoms. The summed E-state index contributed by atoms with van der Waals surface area (Å²) < 4.78 is 34.8. The van der Waals surface area contributed by atoms with Gasteiger partial charge in [-0.05, 0) is 42.0 Å². The van der Waals surface area contributed by atoms with Crippen LogP contribution in [-0.2, 0) is 6.54 Å². The van der Waals surface area contributed by atoms with Gasteiger partial charge in [0.1, 0.15) is 5.75 Å². The molecule has 0 atom stereocenters. The van der Waals surface area contributed by atoms with E-state index in [1.54, 1.807) is 17.0 Å². The third-order valence-corrected chi connectivity index (χ3v) is 6.00. The molecule has 1 aliphatic rings. The first-order valence-corrected chi connectivity index (χ1v) is 11.6. The highest BCUT2D eigenvalue weighted by Crippen LogP contribution is 2.24. The van der Waals surface area contributed by atoms with E-state index in [2.05, 4.69) is 19.8 Å². The van der Waals surface area contributed by atoms with Crippen molar-refractivity contribution in [2.45, 2.75) is 13.2 Å². The molecular formula is C27H24F2N4O3. The smallest absolute Gasteiger partial charge is 0.387 e. The van der Waals surface area contributed by atoms with Crippen molar-refractivity contribution in [2.75, 3.05) is 26.2 Å². The highest BCUT2D eigenvalue weighted by molar-refractivity contribution is 5.94. The van der Waals surface area contributed by atoms with E-state index in [9.17, 15) is 13.6 Å². The molecule has 1 saturated heterocycles. The zero-order valence-electron chi connectivity index (χ0n) is 19.4. The molecule has 0 aliphatic carbocycles. The fourth-order valence-corrected chi connectivity index (χ4v) is 4.20. The van der Waals surface area contributed by atoms with Crippen molar-refractivity contribution in [3.63, 3.8) is 0 Å². The molecule has 4 aromatic rings. The molecule has 184 valence electrons. The normalized spacial score (nSPS) is 14.2. The van der Waals surface area contributed by atoms with Crippen molar-refractivity contribution in [3.05, 3.63) is 90.0 Å². The van der Waals surface area contributed by atoms with Gasteiger partial charge in [0.15, 0.2) is 0 Å². The highest BCUT2D eigenvalue weighted by atomic mass is 19.3. The Morgan fingerprint density at radius 3 is 2.44 bits per heavy atom. The monoisotopic (exact) mass is 490 g/mol. The zero-order chi connectivity index (χ0) is 24.9. The van der Waals surface area contributed by atoms with Crippen LogP contribution in [0.3, 0.4) is 0 Å². The number of aromatic nitrogens is 2. The Bertz CT molecular complexity index is 1320. The van der Waals surface area contributed by atoms with Crippen molar-refractivity contribution in [1.29, 1.82) is 0 Å². The molecule has 1 aliphatic heterocycles. The lowest BCUT2D eigenvalue weighted by Gasteiger charge is -2.35. The number of carbonyl (C=O) groups is 1. The highest BCUT2D eigenvalue weighted by Gasteiger charge is 2.23. The van der Waals surface area contributed by atoms with Crippen LogP contribution in [0, 0.1) is 0 Å². The summed E-state index contributed by atoms with van der Waals surface area (Å²) in [6, 6.07) is 23.6.